The third-order valence-electron chi connectivity index (χ3n) is 8.00. The summed E-state index contributed by atoms with van der Waals surface area (Å²) in [5.74, 6) is 3.15. The molecule has 2 bridgehead atoms. The number of nitrogens with one attached hydrogen (secondary N) is 3. The van der Waals surface area contributed by atoms with E-state index in [1.54, 1.807) is 6.20 Å². The van der Waals surface area contributed by atoms with Crippen LogP contribution >= 0.6 is 0 Å². The summed E-state index contributed by atoms with van der Waals surface area (Å²) in [7, 11) is 0. The maximum absolute atomic E-state index is 12.9. The van der Waals surface area contributed by atoms with Crippen molar-refractivity contribution >= 4 is 17.4 Å². The average molecular weight is 432 g/mol. The van der Waals surface area contributed by atoms with Crippen LogP contribution in [0.4, 0.5) is 11.5 Å². The number of piperazine rings is 1. The smallest absolute Gasteiger partial charge is 0.253 e. The van der Waals surface area contributed by atoms with Crippen molar-refractivity contribution in [3.05, 3.63) is 47.2 Å². The van der Waals surface area contributed by atoms with Gasteiger partial charge in [0.1, 0.15) is 18.2 Å². The van der Waals surface area contributed by atoms with Gasteiger partial charge in [0.15, 0.2) is 0 Å². The number of pyridine rings is 1. The zero-order valence-electron chi connectivity index (χ0n) is 18.1. The van der Waals surface area contributed by atoms with Crippen molar-refractivity contribution < 1.29 is 9.53 Å². The van der Waals surface area contributed by atoms with E-state index in [2.05, 4.69) is 44.0 Å². The summed E-state index contributed by atoms with van der Waals surface area (Å²) in [4.78, 5) is 20.0. The standard InChI is InChI=1S/C25H29N5O2/c31-25(16-7-22-21-6-15(21)9-27-24(22)28-10-16)29-17-5-14-1-2-18(8-23(14)32-13-17)30-19-3-4-20(30)12-26-11-19/h1-2,7-8,10,15,17,19-21,26H,3-6,9,11-13H2,(H,27,28)(H,29,31)/t15-,17-,19?,20?,21-/m1/s1. The molecule has 7 heteroatoms. The summed E-state index contributed by atoms with van der Waals surface area (Å²) < 4.78 is 6.13. The van der Waals surface area contributed by atoms with E-state index >= 15 is 0 Å². The highest BCUT2D eigenvalue weighted by molar-refractivity contribution is 5.94. The molecule has 32 heavy (non-hydrogen) atoms. The van der Waals surface area contributed by atoms with Gasteiger partial charge in [-0.2, -0.15) is 0 Å². The van der Waals surface area contributed by atoms with Crippen molar-refractivity contribution in [3.63, 3.8) is 0 Å². The molecule has 4 aliphatic heterocycles. The number of fused-ring (bicyclic) bond motifs is 6. The monoisotopic (exact) mass is 431 g/mol. The summed E-state index contributed by atoms with van der Waals surface area (Å²) in [6, 6.07) is 9.80. The van der Waals surface area contributed by atoms with Gasteiger partial charge in [0.2, 0.25) is 0 Å². The fourth-order valence-electron chi connectivity index (χ4n) is 6.20. The van der Waals surface area contributed by atoms with E-state index in [9.17, 15) is 4.79 Å². The summed E-state index contributed by atoms with van der Waals surface area (Å²) in [5.41, 5.74) is 4.29. The number of carbonyl (C=O) groups excluding carboxylic acids is 1. The largest absolute Gasteiger partial charge is 0.491 e. The van der Waals surface area contributed by atoms with Crippen LogP contribution in [0, 0.1) is 5.92 Å². The lowest BCUT2D eigenvalue weighted by molar-refractivity contribution is 0.0915. The Labute approximate surface area is 187 Å². The Morgan fingerprint density at radius 2 is 2.03 bits per heavy atom. The molecule has 1 saturated carbocycles. The van der Waals surface area contributed by atoms with Gasteiger partial charge in [-0.25, -0.2) is 4.98 Å². The molecule has 0 radical (unpaired) electrons. The number of anilines is 2. The minimum absolute atomic E-state index is 0.0287. The van der Waals surface area contributed by atoms with Crippen LogP contribution in [0.3, 0.4) is 0 Å². The predicted octanol–water partition coefficient (Wildman–Crippen LogP) is 2.28. The lowest BCUT2D eigenvalue weighted by Crippen LogP contribution is -2.52. The highest BCUT2D eigenvalue weighted by atomic mass is 16.5. The maximum Gasteiger partial charge on any atom is 0.253 e. The van der Waals surface area contributed by atoms with Gasteiger partial charge in [0.05, 0.1) is 11.6 Å². The van der Waals surface area contributed by atoms with Crippen molar-refractivity contribution in [2.24, 2.45) is 5.92 Å². The van der Waals surface area contributed by atoms with Gasteiger partial charge in [-0.3, -0.25) is 4.79 Å². The SMILES string of the molecule is O=C(N[C@H]1COc2cc(N3C4CCC3CNC4)ccc2C1)c1cnc2c(c1)[C@@H]1C[C@@H]1CN2. The number of hydrogen-bond acceptors (Lipinski definition) is 6. The number of benzene rings is 1. The van der Waals surface area contributed by atoms with Gasteiger partial charge < -0.3 is 25.6 Å². The predicted molar refractivity (Wildman–Crippen MR) is 123 cm³/mol. The van der Waals surface area contributed by atoms with Crippen LogP contribution in [0.15, 0.2) is 30.5 Å². The highest BCUT2D eigenvalue weighted by Gasteiger charge is 2.43. The first-order valence-electron chi connectivity index (χ1n) is 12.0. The lowest BCUT2D eigenvalue weighted by Gasteiger charge is -2.38. The molecule has 1 amide bonds. The van der Waals surface area contributed by atoms with Gasteiger partial charge in [0.25, 0.3) is 5.91 Å². The molecule has 0 spiro atoms. The number of aromatic nitrogens is 1. The van der Waals surface area contributed by atoms with Crippen LogP contribution in [-0.2, 0) is 6.42 Å². The van der Waals surface area contributed by atoms with E-state index in [0.717, 1.165) is 37.6 Å². The highest BCUT2D eigenvalue weighted by Crippen LogP contribution is 2.52. The molecule has 5 atom stereocenters. The second-order valence-electron chi connectivity index (χ2n) is 10.1. The van der Waals surface area contributed by atoms with Crippen molar-refractivity contribution in [2.45, 2.75) is 49.7 Å². The maximum atomic E-state index is 12.9. The Bertz CT molecular complexity index is 1070. The van der Waals surface area contributed by atoms with Crippen LogP contribution in [0.25, 0.3) is 0 Å². The Morgan fingerprint density at radius 1 is 1.16 bits per heavy atom. The van der Waals surface area contributed by atoms with Crippen LogP contribution in [-0.4, -0.2) is 55.3 Å². The molecule has 2 unspecified atom stereocenters. The second-order valence-corrected chi connectivity index (χ2v) is 10.1. The molecule has 3 N–H and O–H groups in total. The fourth-order valence-corrected chi connectivity index (χ4v) is 6.20. The van der Waals surface area contributed by atoms with E-state index in [1.807, 2.05) is 6.07 Å². The Kier molecular flexibility index (Phi) is 4.16. The van der Waals surface area contributed by atoms with Crippen molar-refractivity contribution in [2.75, 3.05) is 36.5 Å². The van der Waals surface area contributed by atoms with Gasteiger partial charge in [-0.15, -0.1) is 0 Å². The zero-order valence-corrected chi connectivity index (χ0v) is 18.1. The van der Waals surface area contributed by atoms with Crippen LogP contribution in [0.2, 0.25) is 0 Å². The third kappa shape index (κ3) is 3.05. The normalized spacial score (nSPS) is 31.5. The van der Waals surface area contributed by atoms with Gasteiger partial charge in [0, 0.05) is 49.7 Å². The van der Waals surface area contributed by atoms with E-state index < -0.39 is 0 Å². The molecule has 5 heterocycles. The number of hydrogen-bond donors (Lipinski definition) is 3. The third-order valence-corrected chi connectivity index (χ3v) is 8.00. The van der Waals surface area contributed by atoms with Crippen LogP contribution < -0.4 is 25.6 Å². The minimum Gasteiger partial charge on any atom is -0.491 e. The molecule has 1 aromatic carbocycles. The number of rotatable bonds is 3. The molecule has 3 fully saturated rings. The first-order chi connectivity index (χ1) is 15.7. The number of carbonyl (C=O) groups is 1. The molecule has 1 aliphatic carbocycles. The van der Waals surface area contributed by atoms with Crippen molar-refractivity contribution in [3.8, 4) is 5.75 Å². The summed E-state index contributed by atoms with van der Waals surface area (Å²) in [6.07, 6.45) is 6.21. The van der Waals surface area contributed by atoms with Crippen LogP contribution in [0.5, 0.6) is 5.75 Å². The van der Waals surface area contributed by atoms with Gasteiger partial charge in [-0.1, -0.05) is 6.07 Å². The molecule has 166 valence electrons. The minimum atomic E-state index is -0.0610. The van der Waals surface area contributed by atoms with E-state index in [1.165, 1.54) is 36.1 Å². The summed E-state index contributed by atoms with van der Waals surface area (Å²) >= 11 is 0. The molecule has 7 rings (SSSR count). The number of ether oxygens (including phenoxy) is 1. The molecular formula is C25H29N5O2. The Hall–Kier alpha value is -2.80. The zero-order chi connectivity index (χ0) is 21.2. The van der Waals surface area contributed by atoms with Crippen molar-refractivity contribution in [1.82, 2.24) is 15.6 Å². The summed E-state index contributed by atoms with van der Waals surface area (Å²) in [5, 5.41) is 10.1. The quantitative estimate of drug-likeness (QED) is 0.692. The molecule has 1 aromatic heterocycles. The number of amides is 1. The van der Waals surface area contributed by atoms with Crippen LogP contribution in [0.1, 0.15) is 46.7 Å². The van der Waals surface area contributed by atoms with E-state index in [0.29, 0.717) is 36.1 Å². The lowest BCUT2D eigenvalue weighted by atomic mass is 10.0. The summed E-state index contributed by atoms with van der Waals surface area (Å²) in [6.45, 7) is 3.64. The topological polar surface area (TPSA) is 78.5 Å². The Morgan fingerprint density at radius 3 is 2.91 bits per heavy atom. The first-order valence-corrected chi connectivity index (χ1v) is 12.0. The molecule has 5 aliphatic rings. The van der Waals surface area contributed by atoms with E-state index in [-0.39, 0.29) is 11.9 Å². The molecule has 2 aromatic rings. The molecular weight excluding hydrogens is 402 g/mol. The molecule has 2 saturated heterocycles. The fraction of sp³-hybridized carbons (Fsp3) is 0.520. The van der Waals surface area contributed by atoms with Crippen molar-refractivity contribution in [1.29, 1.82) is 0 Å². The van der Waals surface area contributed by atoms with Gasteiger partial charge in [-0.05, 0) is 60.8 Å². The second kappa shape index (κ2) is 7.10. The van der Waals surface area contributed by atoms with E-state index in [4.69, 9.17) is 4.74 Å². The average Bonchev–Trinajstić information content (AvgIpc) is 3.58. The molecule has 7 nitrogen and oxygen atoms in total. The Balaban J connectivity index is 1.05. The number of nitrogens with zero attached hydrogens (tertiary/aromatic N) is 2. The first kappa shape index (κ1) is 18.7. The van der Waals surface area contributed by atoms with Gasteiger partial charge >= 0.3 is 0 Å².